The van der Waals surface area contributed by atoms with Gasteiger partial charge in [0.15, 0.2) is 11.6 Å². The van der Waals surface area contributed by atoms with Crippen molar-refractivity contribution in [3.8, 4) is 0 Å². The average Bonchev–Trinajstić information content (AvgIpc) is 2.86. The Morgan fingerprint density at radius 1 is 1.22 bits per heavy atom. The van der Waals surface area contributed by atoms with Crippen LogP contribution in [0.2, 0.25) is 0 Å². The van der Waals surface area contributed by atoms with Crippen LogP contribution in [0.5, 0.6) is 0 Å². The van der Waals surface area contributed by atoms with E-state index in [1.807, 2.05) is 6.92 Å². The van der Waals surface area contributed by atoms with E-state index >= 15 is 0 Å². The fraction of sp³-hybridized carbons (Fsp3) is 0.762. The molecule has 0 amide bonds. The average molecular weight is 384 g/mol. The summed E-state index contributed by atoms with van der Waals surface area (Å²) in [7, 11) is 0. The molecule has 3 saturated carbocycles. The third-order valence-electron chi connectivity index (χ3n) is 8.41. The molecule has 144 valence electrons. The fourth-order valence-electron chi connectivity index (χ4n) is 6.98. The molecule has 0 aromatic heterocycles. The van der Waals surface area contributed by atoms with Gasteiger partial charge in [0.25, 0.3) is 0 Å². The summed E-state index contributed by atoms with van der Waals surface area (Å²) in [5.41, 5.74) is -1.55. The van der Waals surface area contributed by atoms with Crippen molar-refractivity contribution in [2.24, 2.45) is 28.6 Å². The Bertz CT molecular complexity index is 736. The first-order valence-electron chi connectivity index (χ1n) is 9.80. The third kappa shape index (κ3) is 2.72. The maximum atomic E-state index is 13.3. The number of hydrogen-bond acceptors (Lipinski definition) is 5. The van der Waals surface area contributed by atoms with Gasteiger partial charge in [0.1, 0.15) is 18.0 Å². The van der Waals surface area contributed by atoms with Crippen molar-refractivity contribution < 1.29 is 55.6 Å². The van der Waals surface area contributed by atoms with Crippen LogP contribution < -0.4 is 29.6 Å². The number of fused-ring (bicyclic) bond motifs is 5. The van der Waals surface area contributed by atoms with Gasteiger partial charge < -0.3 is 11.6 Å². The molecule has 4 aliphatic carbocycles. The molecule has 3 fully saturated rings. The predicted octanol–water partition coefficient (Wildman–Crippen LogP) is -0.894. The zero-order chi connectivity index (χ0) is 18.9. The molecule has 0 radical (unpaired) electrons. The molecule has 0 aromatic carbocycles. The van der Waals surface area contributed by atoms with E-state index in [1.54, 1.807) is 6.08 Å². The van der Waals surface area contributed by atoms with E-state index in [0.29, 0.717) is 25.7 Å². The molecule has 0 aromatic rings. The van der Waals surface area contributed by atoms with Crippen LogP contribution in [0.15, 0.2) is 11.6 Å². The molecule has 0 aliphatic heterocycles. The summed E-state index contributed by atoms with van der Waals surface area (Å²) in [6.07, 6.45) is 5.83. The van der Waals surface area contributed by atoms with Crippen LogP contribution in [0.1, 0.15) is 60.2 Å². The van der Waals surface area contributed by atoms with Gasteiger partial charge in [-0.1, -0.05) is 19.4 Å². The molecule has 0 heterocycles. The number of rotatable bonds is 2. The van der Waals surface area contributed by atoms with Gasteiger partial charge in [0.2, 0.25) is 0 Å². The summed E-state index contributed by atoms with van der Waals surface area (Å²) in [5, 5.41) is 20.5. The smallest absolute Gasteiger partial charge is 1.00 e. The van der Waals surface area contributed by atoms with Crippen molar-refractivity contribution in [1.82, 2.24) is 0 Å². The maximum absolute atomic E-state index is 13.3. The molecule has 4 rings (SSSR count). The monoisotopic (exact) mass is 384 g/mol. The number of ketones is 3. The Balaban J connectivity index is 0.00000140. The van der Waals surface area contributed by atoms with Crippen molar-refractivity contribution in [3.05, 3.63) is 11.6 Å². The Morgan fingerprint density at radius 2 is 1.93 bits per heavy atom. The molecule has 0 saturated heterocycles. The molecule has 27 heavy (non-hydrogen) atoms. The number of Topliss-reactive ketones (excluding diaryl/α,β-unsaturated/α-hetero) is 2. The van der Waals surface area contributed by atoms with Crippen LogP contribution >= 0.6 is 0 Å². The minimum absolute atomic E-state index is 0. The second-order valence-corrected chi connectivity index (χ2v) is 9.38. The normalized spacial score (nSPS) is 45.9. The van der Waals surface area contributed by atoms with E-state index in [-0.39, 0.29) is 72.1 Å². The first-order valence-corrected chi connectivity index (χ1v) is 9.80. The number of hydrogen-bond donors (Lipinski definition) is 2. The zero-order valence-electron chi connectivity index (χ0n) is 17.6. The second kappa shape index (κ2) is 6.88. The van der Waals surface area contributed by atoms with Gasteiger partial charge in [-0.3, -0.25) is 14.4 Å². The van der Waals surface area contributed by atoms with Gasteiger partial charge in [0.05, 0.1) is 0 Å². The molecule has 0 unspecified atom stereocenters. The van der Waals surface area contributed by atoms with Crippen molar-refractivity contribution in [1.29, 1.82) is 0 Å². The maximum Gasteiger partial charge on any atom is 1.00 e. The summed E-state index contributed by atoms with van der Waals surface area (Å²) in [6.45, 7) is 3.31. The molecule has 6 heteroatoms. The van der Waals surface area contributed by atoms with Crippen molar-refractivity contribution in [2.45, 2.75) is 64.4 Å². The van der Waals surface area contributed by atoms with Crippen LogP contribution in [-0.4, -0.2) is 39.8 Å². The molecule has 5 nitrogen and oxygen atoms in total. The Morgan fingerprint density at radius 3 is 2.59 bits per heavy atom. The van der Waals surface area contributed by atoms with E-state index in [4.69, 9.17) is 0 Å². The third-order valence-corrected chi connectivity index (χ3v) is 8.41. The Kier molecular flexibility index (Phi) is 5.44. The molecule has 4 aliphatic rings. The largest absolute Gasteiger partial charge is 1.00 e. The van der Waals surface area contributed by atoms with Crippen LogP contribution in [0, 0.1) is 28.6 Å². The van der Waals surface area contributed by atoms with Gasteiger partial charge in [0, 0.05) is 24.2 Å². The first-order chi connectivity index (χ1) is 12.2. The van der Waals surface area contributed by atoms with Crippen LogP contribution in [-0.2, 0) is 14.4 Å². The summed E-state index contributed by atoms with van der Waals surface area (Å²) >= 11 is 0. The van der Waals surface area contributed by atoms with E-state index in [2.05, 4.69) is 6.92 Å². The van der Waals surface area contributed by atoms with E-state index in [1.165, 1.54) is 0 Å². The van der Waals surface area contributed by atoms with Gasteiger partial charge >= 0.3 is 29.6 Å². The van der Waals surface area contributed by atoms with Crippen LogP contribution in [0.3, 0.4) is 0 Å². The molecular formula is C21H29NaO5. The van der Waals surface area contributed by atoms with Gasteiger partial charge in [-0.25, -0.2) is 0 Å². The minimum Gasteiger partial charge on any atom is -1.00 e. The van der Waals surface area contributed by atoms with Crippen LogP contribution in [0.25, 0.3) is 0 Å². The predicted molar refractivity (Wildman–Crippen MR) is 95.3 cm³/mol. The standard InChI is InChI=1S/C21H28O5.Na.H/c1-19-7-5-13(23)9-12(19)3-4-14-15-6-8-21(26,17(25)11-22)20(15,2)10-16(24)18(14)19;;/h9,14-15,18,22,26H,3-8,10-11H2,1-2H3;;/q;+1;-1/t14-,15-,18+,19-,20-,21-;;/m0../s1. The van der Waals surface area contributed by atoms with Gasteiger partial charge in [-0.2, -0.15) is 0 Å². The summed E-state index contributed by atoms with van der Waals surface area (Å²) in [6, 6.07) is 0. The Labute approximate surface area is 183 Å². The zero-order valence-corrected chi connectivity index (χ0v) is 18.6. The SMILES string of the molecule is C[C@]12CCC(=O)C=C1CC[C@@H]1[C@@H]2C(=O)C[C@@]2(C)[C@H]1CC[C@]2(O)C(=O)CO.[H-].[Na+]. The fourth-order valence-corrected chi connectivity index (χ4v) is 6.98. The number of allylic oxidation sites excluding steroid dienone is 1. The van der Waals surface area contributed by atoms with E-state index in [0.717, 1.165) is 18.4 Å². The van der Waals surface area contributed by atoms with E-state index in [9.17, 15) is 24.6 Å². The van der Waals surface area contributed by atoms with Crippen molar-refractivity contribution in [3.63, 3.8) is 0 Å². The molecule has 2 N–H and O–H groups in total. The molecular weight excluding hydrogens is 355 g/mol. The summed E-state index contributed by atoms with van der Waals surface area (Å²) < 4.78 is 0. The number of carbonyl (C=O) groups is 3. The number of aliphatic hydroxyl groups excluding tert-OH is 1. The quantitative estimate of drug-likeness (QED) is 0.603. The minimum atomic E-state index is -1.60. The van der Waals surface area contributed by atoms with E-state index < -0.39 is 23.4 Å². The van der Waals surface area contributed by atoms with Gasteiger partial charge in [-0.15, -0.1) is 0 Å². The molecule has 0 spiro atoms. The summed E-state index contributed by atoms with van der Waals surface area (Å²) in [5.74, 6) is -0.172. The number of carbonyl (C=O) groups excluding carboxylic acids is 3. The molecule has 6 atom stereocenters. The Hall–Kier alpha value is -0.330. The van der Waals surface area contributed by atoms with Crippen molar-refractivity contribution in [2.75, 3.05) is 6.61 Å². The summed E-state index contributed by atoms with van der Waals surface area (Å²) in [4.78, 5) is 37.5. The molecule has 0 bridgehead atoms. The van der Waals surface area contributed by atoms with Crippen LogP contribution in [0.4, 0.5) is 0 Å². The van der Waals surface area contributed by atoms with Gasteiger partial charge in [-0.05, 0) is 55.4 Å². The number of aliphatic hydroxyl groups is 2. The first kappa shape index (κ1) is 21.4. The topological polar surface area (TPSA) is 91.7 Å². The second-order valence-electron chi connectivity index (χ2n) is 9.38. The van der Waals surface area contributed by atoms with Crippen molar-refractivity contribution >= 4 is 17.3 Å².